The Morgan fingerprint density at radius 2 is 1.93 bits per heavy atom. The number of nitrogens with one attached hydrogen (secondary N) is 1. The molecule has 1 fully saturated rings. The zero-order valence-corrected chi connectivity index (χ0v) is 15.9. The summed E-state index contributed by atoms with van der Waals surface area (Å²) in [6.07, 6.45) is -1.91. The van der Waals surface area contributed by atoms with Crippen LogP contribution in [0.4, 0.5) is 17.6 Å². The standard InChI is InChI=1S/C21H23F4N3O/c22-17-4-1-3-15(13-17)19-6-5-16(14-26-19)20(29)27-18-7-11-28(12-8-18)10-2-9-21(23,24)25/h1,3-6,13-14,18H,2,7-12H2,(H,27,29). The van der Waals surface area contributed by atoms with Crippen LogP contribution in [0.1, 0.15) is 36.0 Å². The quantitative estimate of drug-likeness (QED) is 0.719. The number of likely N-dealkylation sites (tertiary alicyclic amines) is 1. The number of alkyl halides is 3. The number of halogens is 4. The summed E-state index contributed by atoms with van der Waals surface area (Å²) in [5, 5.41) is 2.96. The maximum absolute atomic E-state index is 13.3. The van der Waals surface area contributed by atoms with Gasteiger partial charge in [0, 0.05) is 37.3 Å². The number of rotatable bonds is 6. The van der Waals surface area contributed by atoms with Gasteiger partial charge in [-0.15, -0.1) is 0 Å². The lowest BCUT2D eigenvalue weighted by Gasteiger charge is -2.32. The highest BCUT2D eigenvalue weighted by Gasteiger charge is 2.27. The highest BCUT2D eigenvalue weighted by Crippen LogP contribution is 2.22. The van der Waals surface area contributed by atoms with Crippen molar-refractivity contribution in [1.29, 1.82) is 0 Å². The summed E-state index contributed by atoms with van der Waals surface area (Å²) in [5.41, 5.74) is 1.63. The predicted octanol–water partition coefficient (Wildman–Crippen LogP) is 4.42. The Kier molecular flexibility index (Phi) is 6.84. The van der Waals surface area contributed by atoms with Gasteiger partial charge in [-0.05, 0) is 50.1 Å². The molecule has 1 aliphatic heterocycles. The van der Waals surface area contributed by atoms with Gasteiger partial charge in [0.25, 0.3) is 5.91 Å². The minimum Gasteiger partial charge on any atom is -0.349 e. The highest BCUT2D eigenvalue weighted by molar-refractivity contribution is 5.94. The Balaban J connectivity index is 1.46. The third-order valence-corrected chi connectivity index (χ3v) is 5.00. The number of piperidine rings is 1. The first-order valence-corrected chi connectivity index (χ1v) is 9.62. The number of amides is 1. The van der Waals surface area contributed by atoms with Crippen molar-refractivity contribution in [3.05, 3.63) is 54.0 Å². The first-order chi connectivity index (χ1) is 13.8. The van der Waals surface area contributed by atoms with Crippen LogP contribution in [0.5, 0.6) is 0 Å². The summed E-state index contributed by atoms with van der Waals surface area (Å²) in [6, 6.07) is 9.39. The lowest BCUT2D eigenvalue weighted by atomic mass is 10.0. The van der Waals surface area contributed by atoms with Crippen LogP contribution in [-0.4, -0.2) is 47.6 Å². The molecule has 1 aromatic carbocycles. The van der Waals surface area contributed by atoms with Gasteiger partial charge in [0.05, 0.1) is 11.3 Å². The second-order valence-electron chi connectivity index (χ2n) is 7.25. The molecular weight excluding hydrogens is 386 g/mol. The second kappa shape index (κ2) is 9.35. The summed E-state index contributed by atoms with van der Waals surface area (Å²) >= 11 is 0. The molecule has 1 amide bonds. The highest BCUT2D eigenvalue weighted by atomic mass is 19.4. The fourth-order valence-electron chi connectivity index (χ4n) is 3.42. The van der Waals surface area contributed by atoms with Crippen molar-refractivity contribution in [3.8, 4) is 11.3 Å². The van der Waals surface area contributed by atoms with Crippen LogP contribution in [0.15, 0.2) is 42.6 Å². The molecule has 1 aliphatic rings. The Hall–Kier alpha value is -2.48. The van der Waals surface area contributed by atoms with Gasteiger partial charge in [-0.25, -0.2) is 4.39 Å². The minimum atomic E-state index is -4.11. The van der Waals surface area contributed by atoms with E-state index in [1.54, 1.807) is 24.3 Å². The number of hydrogen-bond acceptors (Lipinski definition) is 3. The van der Waals surface area contributed by atoms with Crippen LogP contribution in [0.25, 0.3) is 11.3 Å². The van der Waals surface area contributed by atoms with Crippen LogP contribution in [-0.2, 0) is 0 Å². The molecule has 0 bridgehead atoms. The van der Waals surface area contributed by atoms with Crippen LogP contribution in [0.3, 0.4) is 0 Å². The van der Waals surface area contributed by atoms with Crippen molar-refractivity contribution in [1.82, 2.24) is 15.2 Å². The van der Waals surface area contributed by atoms with E-state index in [0.717, 1.165) is 0 Å². The van der Waals surface area contributed by atoms with E-state index in [2.05, 4.69) is 10.3 Å². The Morgan fingerprint density at radius 1 is 1.17 bits per heavy atom. The fourth-order valence-corrected chi connectivity index (χ4v) is 3.42. The molecule has 1 N–H and O–H groups in total. The lowest BCUT2D eigenvalue weighted by molar-refractivity contribution is -0.136. The molecule has 8 heteroatoms. The van der Waals surface area contributed by atoms with Crippen molar-refractivity contribution in [2.24, 2.45) is 0 Å². The molecule has 2 heterocycles. The van der Waals surface area contributed by atoms with Gasteiger partial charge in [-0.3, -0.25) is 9.78 Å². The molecule has 156 valence electrons. The molecule has 1 aromatic heterocycles. The zero-order valence-electron chi connectivity index (χ0n) is 15.9. The van der Waals surface area contributed by atoms with Crippen molar-refractivity contribution >= 4 is 5.91 Å². The second-order valence-corrected chi connectivity index (χ2v) is 7.25. The van der Waals surface area contributed by atoms with E-state index in [9.17, 15) is 22.4 Å². The predicted molar refractivity (Wildman–Crippen MR) is 102 cm³/mol. The van der Waals surface area contributed by atoms with Crippen molar-refractivity contribution in [2.45, 2.75) is 37.9 Å². The van der Waals surface area contributed by atoms with Gasteiger partial charge < -0.3 is 10.2 Å². The molecule has 1 saturated heterocycles. The maximum atomic E-state index is 13.3. The molecule has 2 aromatic rings. The van der Waals surface area contributed by atoms with Crippen molar-refractivity contribution < 1.29 is 22.4 Å². The Morgan fingerprint density at radius 3 is 2.55 bits per heavy atom. The molecular formula is C21H23F4N3O. The first-order valence-electron chi connectivity index (χ1n) is 9.62. The van der Waals surface area contributed by atoms with Gasteiger partial charge in [0.2, 0.25) is 0 Å². The van der Waals surface area contributed by atoms with E-state index in [1.807, 2.05) is 4.90 Å². The van der Waals surface area contributed by atoms with Crippen LogP contribution in [0.2, 0.25) is 0 Å². The van der Waals surface area contributed by atoms with Gasteiger partial charge in [-0.1, -0.05) is 12.1 Å². The van der Waals surface area contributed by atoms with Crippen molar-refractivity contribution in [3.63, 3.8) is 0 Å². The van der Waals surface area contributed by atoms with E-state index in [-0.39, 0.29) is 24.2 Å². The molecule has 0 saturated carbocycles. The third kappa shape index (κ3) is 6.52. The van der Waals surface area contributed by atoms with Crippen LogP contribution >= 0.6 is 0 Å². The van der Waals surface area contributed by atoms with Crippen LogP contribution in [0, 0.1) is 5.82 Å². The number of nitrogens with zero attached hydrogens (tertiary/aromatic N) is 2. The summed E-state index contributed by atoms with van der Waals surface area (Å²) in [5.74, 6) is -0.588. The smallest absolute Gasteiger partial charge is 0.349 e. The summed E-state index contributed by atoms with van der Waals surface area (Å²) in [6.45, 7) is 1.75. The van der Waals surface area contributed by atoms with Gasteiger partial charge in [0.1, 0.15) is 5.82 Å². The maximum Gasteiger partial charge on any atom is 0.389 e. The molecule has 3 rings (SSSR count). The zero-order chi connectivity index (χ0) is 20.9. The molecule has 0 aliphatic carbocycles. The Bertz CT molecular complexity index is 815. The normalized spacial score (nSPS) is 16.0. The van der Waals surface area contributed by atoms with Gasteiger partial charge >= 0.3 is 6.18 Å². The largest absolute Gasteiger partial charge is 0.389 e. The summed E-state index contributed by atoms with van der Waals surface area (Å²) < 4.78 is 50.0. The average molecular weight is 409 g/mol. The Labute approximate surface area is 166 Å². The minimum absolute atomic E-state index is 0.00994. The average Bonchev–Trinajstić information content (AvgIpc) is 2.68. The van der Waals surface area contributed by atoms with Gasteiger partial charge in [0.15, 0.2) is 0 Å². The van der Waals surface area contributed by atoms with E-state index in [4.69, 9.17) is 0 Å². The monoisotopic (exact) mass is 409 g/mol. The number of carbonyl (C=O) groups is 1. The number of aromatic nitrogens is 1. The van der Waals surface area contributed by atoms with Crippen LogP contribution < -0.4 is 5.32 Å². The number of hydrogen-bond donors (Lipinski definition) is 1. The van der Waals surface area contributed by atoms with Crippen molar-refractivity contribution in [2.75, 3.05) is 19.6 Å². The van der Waals surface area contributed by atoms with E-state index in [1.165, 1.54) is 18.3 Å². The third-order valence-electron chi connectivity index (χ3n) is 5.00. The molecule has 29 heavy (non-hydrogen) atoms. The topological polar surface area (TPSA) is 45.2 Å². The summed E-state index contributed by atoms with van der Waals surface area (Å²) in [7, 11) is 0. The SMILES string of the molecule is O=C(NC1CCN(CCCC(F)(F)F)CC1)c1ccc(-c2cccc(F)c2)nc1. The van der Waals surface area contributed by atoms with E-state index < -0.39 is 12.6 Å². The molecule has 4 nitrogen and oxygen atoms in total. The fraction of sp³-hybridized carbons (Fsp3) is 0.429. The van der Waals surface area contributed by atoms with E-state index >= 15 is 0 Å². The molecule has 0 unspecified atom stereocenters. The van der Waals surface area contributed by atoms with Gasteiger partial charge in [-0.2, -0.15) is 13.2 Å². The lowest BCUT2D eigenvalue weighted by Crippen LogP contribution is -2.45. The molecule has 0 radical (unpaired) electrons. The first kappa shape index (κ1) is 21.2. The number of pyridine rings is 1. The molecule has 0 atom stereocenters. The number of benzene rings is 1. The van der Waals surface area contributed by atoms with E-state index in [0.29, 0.717) is 49.3 Å². The number of carbonyl (C=O) groups excluding carboxylic acids is 1. The summed E-state index contributed by atoms with van der Waals surface area (Å²) in [4.78, 5) is 18.7. The molecule has 0 spiro atoms.